The third-order valence-electron chi connectivity index (χ3n) is 4.29. The zero-order valence-corrected chi connectivity index (χ0v) is 10.1. The van der Waals surface area contributed by atoms with Gasteiger partial charge in [-0.3, -0.25) is 9.59 Å². The zero-order chi connectivity index (χ0) is 12.6. The van der Waals surface area contributed by atoms with E-state index in [9.17, 15) is 9.59 Å². The fourth-order valence-corrected chi connectivity index (χ4v) is 3.42. The maximum absolute atomic E-state index is 12.3. The average molecular weight is 240 g/mol. The van der Waals surface area contributed by atoms with Gasteiger partial charge in [-0.1, -0.05) is 0 Å². The van der Waals surface area contributed by atoms with E-state index in [4.69, 9.17) is 10.8 Å². The Morgan fingerprint density at radius 1 is 1.35 bits per heavy atom. The van der Waals surface area contributed by atoms with Crippen molar-refractivity contribution in [3.63, 3.8) is 0 Å². The van der Waals surface area contributed by atoms with Crippen molar-refractivity contribution in [2.45, 2.75) is 32.2 Å². The van der Waals surface area contributed by atoms with Crippen molar-refractivity contribution in [3.05, 3.63) is 0 Å². The SMILES string of the molecule is CCN(CC(=O)O)C(=O)C1C2CCC(C2)C1N. The molecule has 0 saturated heterocycles. The number of hydrogen-bond donors (Lipinski definition) is 2. The van der Waals surface area contributed by atoms with Crippen molar-refractivity contribution in [3.8, 4) is 0 Å². The van der Waals surface area contributed by atoms with Gasteiger partial charge in [0, 0.05) is 12.6 Å². The molecule has 4 atom stereocenters. The molecular formula is C12H20N2O3. The minimum atomic E-state index is -0.961. The van der Waals surface area contributed by atoms with Gasteiger partial charge in [0.05, 0.1) is 5.92 Å². The number of carboxylic acid groups (broad SMARTS) is 1. The van der Waals surface area contributed by atoms with Gasteiger partial charge >= 0.3 is 5.97 Å². The quantitative estimate of drug-likeness (QED) is 0.740. The highest BCUT2D eigenvalue weighted by Gasteiger charge is 2.50. The van der Waals surface area contributed by atoms with E-state index >= 15 is 0 Å². The minimum absolute atomic E-state index is 0.0606. The van der Waals surface area contributed by atoms with Gasteiger partial charge in [0.25, 0.3) is 0 Å². The van der Waals surface area contributed by atoms with E-state index in [0.717, 1.165) is 19.3 Å². The lowest BCUT2D eigenvalue weighted by molar-refractivity contribution is -0.147. The van der Waals surface area contributed by atoms with Gasteiger partial charge in [0.15, 0.2) is 0 Å². The van der Waals surface area contributed by atoms with Crippen molar-refractivity contribution in [2.24, 2.45) is 23.5 Å². The number of amides is 1. The third kappa shape index (κ3) is 2.16. The summed E-state index contributed by atoms with van der Waals surface area (Å²) in [5.41, 5.74) is 6.09. The number of rotatable bonds is 4. The molecule has 17 heavy (non-hydrogen) atoms. The molecular weight excluding hydrogens is 220 g/mol. The molecule has 5 nitrogen and oxygen atoms in total. The summed E-state index contributed by atoms with van der Waals surface area (Å²) < 4.78 is 0. The Morgan fingerprint density at radius 3 is 2.47 bits per heavy atom. The highest BCUT2D eigenvalue weighted by Crippen LogP contribution is 2.48. The van der Waals surface area contributed by atoms with Crippen LogP contribution in [0.5, 0.6) is 0 Å². The molecule has 0 aromatic rings. The first-order valence-corrected chi connectivity index (χ1v) is 6.30. The molecule has 0 spiro atoms. The van der Waals surface area contributed by atoms with Gasteiger partial charge in [0.1, 0.15) is 6.54 Å². The summed E-state index contributed by atoms with van der Waals surface area (Å²) in [5, 5.41) is 8.78. The molecule has 2 fully saturated rings. The van der Waals surface area contributed by atoms with E-state index in [1.807, 2.05) is 0 Å². The summed E-state index contributed by atoms with van der Waals surface area (Å²) >= 11 is 0. The lowest BCUT2D eigenvalue weighted by Gasteiger charge is -2.31. The van der Waals surface area contributed by atoms with Crippen LogP contribution in [0.2, 0.25) is 0 Å². The Morgan fingerprint density at radius 2 is 2.00 bits per heavy atom. The van der Waals surface area contributed by atoms with Crippen molar-refractivity contribution in [1.29, 1.82) is 0 Å². The van der Waals surface area contributed by atoms with Crippen molar-refractivity contribution < 1.29 is 14.7 Å². The summed E-state index contributed by atoms with van der Waals surface area (Å²) in [6.45, 7) is 2.03. The summed E-state index contributed by atoms with van der Waals surface area (Å²) in [6.07, 6.45) is 3.24. The molecule has 0 radical (unpaired) electrons. The Balaban J connectivity index is 2.06. The van der Waals surface area contributed by atoms with E-state index in [0.29, 0.717) is 18.4 Å². The number of carbonyl (C=O) groups excluding carboxylic acids is 1. The minimum Gasteiger partial charge on any atom is -0.480 e. The van der Waals surface area contributed by atoms with Crippen LogP contribution in [0.3, 0.4) is 0 Å². The predicted molar refractivity (Wildman–Crippen MR) is 62.2 cm³/mol. The first kappa shape index (κ1) is 12.4. The fraction of sp³-hybridized carbons (Fsp3) is 0.833. The highest BCUT2D eigenvalue weighted by atomic mass is 16.4. The molecule has 2 rings (SSSR count). The summed E-state index contributed by atoms with van der Waals surface area (Å²) in [5.74, 6) is -0.317. The number of likely N-dealkylation sites (N-methyl/N-ethyl adjacent to an activating group) is 1. The van der Waals surface area contributed by atoms with E-state index in [1.165, 1.54) is 4.90 Å². The molecule has 1 amide bonds. The van der Waals surface area contributed by atoms with Crippen LogP contribution in [0.4, 0.5) is 0 Å². The maximum Gasteiger partial charge on any atom is 0.323 e. The van der Waals surface area contributed by atoms with Crippen LogP contribution in [-0.2, 0) is 9.59 Å². The summed E-state index contributed by atoms with van der Waals surface area (Å²) in [7, 11) is 0. The van der Waals surface area contributed by atoms with Gasteiger partial charge in [-0.2, -0.15) is 0 Å². The van der Waals surface area contributed by atoms with Crippen LogP contribution in [0.15, 0.2) is 0 Å². The second-order valence-corrected chi connectivity index (χ2v) is 5.18. The van der Waals surface area contributed by atoms with E-state index in [2.05, 4.69) is 0 Å². The van der Waals surface area contributed by atoms with Crippen LogP contribution in [0.25, 0.3) is 0 Å². The number of carboxylic acids is 1. The molecule has 2 bridgehead atoms. The van der Waals surface area contributed by atoms with E-state index in [1.54, 1.807) is 6.92 Å². The molecule has 0 aliphatic heterocycles. The van der Waals surface area contributed by atoms with Gasteiger partial charge in [-0.05, 0) is 38.0 Å². The average Bonchev–Trinajstić information content (AvgIpc) is 2.85. The number of aliphatic carboxylic acids is 1. The van der Waals surface area contributed by atoms with Crippen LogP contribution in [0.1, 0.15) is 26.2 Å². The normalized spacial score (nSPS) is 34.9. The van der Waals surface area contributed by atoms with Crippen LogP contribution >= 0.6 is 0 Å². The topological polar surface area (TPSA) is 83.6 Å². The zero-order valence-electron chi connectivity index (χ0n) is 10.1. The molecule has 96 valence electrons. The number of nitrogens with zero attached hydrogens (tertiary/aromatic N) is 1. The molecule has 0 aromatic heterocycles. The van der Waals surface area contributed by atoms with Gasteiger partial charge in [0.2, 0.25) is 5.91 Å². The van der Waals surface area contributed by atoms with Gasteiger partial charge in [-0.15, -0.1) is 0 Å². The Bertz CT molecular complexity index is 330. The molecule has 5 heteroatoms. The lowest BCUT2D eigenvalue weighted by atomic mass is 9.84. The van der Waals surface area contributed by atoms with Crippen LogP contribution in [-0.4, -0.2) is 41.0 Å². The Kier molecular flexibility index (Phi) is 3.38. The fourth-order valence-electron chi connectivity index (χ4n) is 3.42. The molecule has 2 aliphatic carbocycles. The van der Waals surface area contributed by atoms with E-state index in [-0.39, 0.29) is 24.4 Å². The monoisotopic (exact) mass is 240 g/mol. The second kappa shape index (κ2) is 4.64. The van der Waals surface area contributed by atoms with Gasteiger partial charge < -0.3 is 15.7 Å². The molecule has 2 saturated carbocycles. The molecule has 3 N–H and O–H groups in total. The van der Waals surface area contributed by atoms with Crippen molar-refractivity contribution in [1.82, 2.24) is 4.90 Å². The lowest BCUT2D eigenvalue weighted by Crippen LogP contribution is -2.48. The molecule has 2 aliphatic rings. The van der Waals surface area contributed by atoms with Crippen LogP contribution < -0.4 is 5.73 Å². The number of nitrogens with two attached hydrogens (primary N) is 1. The van der Waals surface area contributed by atoms with Crippen molar-refractivity contribution >= 4 is 11.9 Å². The second-order valence-electron chi connectivity index (χ2n) is 5.18. The molecule has 0 aromatic carbocycles. The smallest absolute Gasteiger partial charge is 0.323 e. The van der Waals surface area contributed by atoms with Gasteiger partial charge in [-0.25, -0.2) is 0 Å². The first-order valence-electron chi connectivity index (χ1n) is 6.30. The van der Waals surface area contributed by atoms with Crippen molar-refractivity contribution in [2.75, 3.05) is 13.1 Å². The molecule has 0 heterocycles. The molecule has 4 unspecified atom stereocenters. The maximum atomic E-state index is 12.3. The van der Waals surface area contributed by atoms with E-state index < -0.39 is 5.97 Å². The first-order chi connectivity index (χ1) is 8.04. The summed E-state index contributed by atoms with van der Waals surface area (Å²) in [6, 6.07) is -0.0657. The standard InChI is InChI=1S/C12H20N2O3/c1-2-14(6-9(15)16)12(17)10-7-3-4-8(5-7)11(10)13/h7-8,10-11H,2-6,13H2,1H3,(H,15,16). The number of fused-ring (bicyclic) bond motifs is 2. The number of carbonyl (C=O) groups is 2. The third-order valence-corrected chi connectivity index (χ3v) is 4.29. The predicted octanol–water partition coefficient (Wildman–Crippen LogP) is 0.293. The Labute approximate surface area is 101 Å². The highest BCUT2D eigenvalue weighted by molar-refractivity contribution is 5.84. The Hall–Kier alpha value is -1.10. The summed E-state index contributed by atoms with van der Waals surface area (Å²) in [4.78, 5) is 24.4. The largest absolute Gasteiger partial charge is 0.480 e. The van der Waals surface area contributed by atoms with Crippen LogP contribution in [0, 0.1) is 17.8 Å². The number of hydrogen-bond acceptors (Lipinski definition) is 3.